The number of esters is 1. The van der Waals surface area contributed by atoms with Crippen LogP contribution in [0.5, 0.6) is 0 Å². The lowest BCUT2D eigenvalue weighted by Crippen LogP contribution is -2.48. The van der Waals surface area contributed by atoms with Crippen molar-refractivity contribution in [3.63, 3.8) is 0 Å². The lowest BCUT2D eigenvalue weighted by Gasteiger charge is -2.26. The quantitative estimate of drug-likeness (QED) is 0.463. The number of ketones is 2. The minimum atomic E-state index is -1.34. The summed E-state index contributed by atoms with van der Waals surface area (Å²) in [7, 11) is 0. The summed E-state index contributed by atoms with van der Waals surface area (Å²) in [5.74, 6) is -1.44. The van der Waals surface area contributed by atoms with Gasteiger partial charge in [0.05, 0.1) is 13.0 Å². The van der Waals surface area contributed by atoms with Crippen molar-refractivity contribution in [1.82, 2.24) is 0 Å². The van der Waals surface area contributed by atoms with E-state index >= 15 is 0 Å². The predicted molar refractivity (Wildman–Crippen MR) is 134 cm³/mol. The molecule has 3 aromatic rings. The zero-order valence-electron chi connectivity index (χ0n) is 19.8. The van der Waals surface area contributed by atoms with Crippen LogP contribution in [0.15, 0.2) is 66.7 Å². The van der Waals surface area contributed by atoms with Gasteiger partial charge in [-0.2, -0.15) is 0 Å². The van der Waals surface area contributed by atoms with Crippen molar-refractivity contribution in [1.29, 1.82) is 0 Å². The van der Waals surface area contributed by atoms with Crippen LogP contribution in [-0.4, -0.2) is 30.2 Å². The molecule has 5 heteroatoms. The van der Waals surface area contributed by atoms with Crippen LogP contribution in [0, 0.1) is 16.4 Å². The summed E-state index contributed by atoms with van der Waals surface area (Å²) in [6.07, 6.45) is 1.94. The fourth-order valence-electron chi connectivity index (χ4n) is 5.00. The van der Waals surface area contributed by atoms with Crippen LogP contribution < -0.4 is 16.2 Å². The Bertz CT molecular complexity index is 1570. The molecule has 0 fully saturated rings. The van der Waals surface area contributed by atoms with Crippen molar-refractivity contribution in [3.05, 3.63) is 104 Å². The lowest BCUT2D eigenvalue weighted by atomic mass is 9.76. The first-order valence-electron chi connectivity index (χ1n) is 11.9. The highest BCUT2D eigenvalue weighted by atomic mass is 16.5. The highest BCUT2D eigenvalue weighted by Gasteiger charge is 2.37. The third-order valence-electron chi connectivity index (χ3n) is 6.65. The van der Waals surface area contributed by atoms with Gasteiger partial charge < -0.3 is 10.5 Å². The molecule has 0 heterocycles. The molecule has 2 atom stereocenters. The van der Waals surface area contributed by atoms with Crippen molar-refractivity contribution < 1.29 is 19.1 Å². The molecular weight excluding hydrogens is 438 g/mol. The third-order valence-corrected chi connectivity index (χ3v) is 6.65. The predicted octanol–water partition coefficient (Wildman–Crippen LogP) is 2.73. The van der Waals surface area contributed by atoms with Gasteiger partial charge in [-0.3, -0.25) is 14.4 Å². The van der Waals surface area contributed by atoms with Crippen LogP contribution in [0.2, 0.25) is 0 Å². The number of ether oxygens (including phenoxy) is 1. The average molecular weight is 466 g/mol. The second kappa shape index (κ2) is 9.08. The van der Waals surface area contributed by atoms with Crippen LogP contribution >= 0.6 is 0 Å². The minimum Gasteiger partial charge on any atom is -0.465 e. The number of benzene rings is 3. The Kier molecular flexibility index (Phi) is 5.95. The molecule has 0 radical (unpaired) electrons. The fourth-order valence-corrected chi connectivity index (χ4v) is 5.00. The highest BCUT2D eigenvalue weighted by molar-refractivity contribution is 6.33. The van der Waals surface area contributed by atoms with E-state index in [9.17, 15) is 14.4 Å². The number of carbonyl (C=O) groups excluding carboxylic acids is 3. The number of hydrogen-bond acceptors (Lipinski definition) is 5. The monoisotopic (exact) mass is 465 g/mol. The first kappa shape index (κ1) is 22.9. The molecule has 0 saturated heterocycles. The number of hydrogen-bond donors (Lipinski definition) is 1. The summed E-state index contributed by atoms with van der Waals surface area (Å²) in [6, 6.07) is 20.4. The standard InChI is InChI=1S/C30H27NO4/c1-17(2)16-35-25(32)15-24-22-13-12-21-20-11-7-6-10-19(20)14-23(18-8-4-3-5-9-18)26(21)27(22)30(34)28(31)29(24)33/h3-14,17,23,28H,15-16,31H2,1-2H3. The number of nitrogens with two attached hydrogens (primary N) is 1. The Morgan fingerprint density at radius 1 is 0.886 bits per heavy atom. The molecule has 5 nitrogen and oxygen atoms in total. The SMILES string of the molecule is CC(C)COC(=O)CC1=c2ccc3c(c2C(=O)C(N)C1=O)C(c1ccccc1)C=c1ccccc1=3. The molecule has 0 aromatic heterocycles. The Balaban J connectivity index is 1.82. The van der Waals surface area contributed by atoms with E-state index in [4.69, 9.17) is 10.5 Å². The maximum absolute atomic E-state index is 13.5. The number of carbonyl (C=O) groups is 3. The largest absolute Gasteiger partial charge is 0.465 e. The molecule has 0 spiro atoms. The number of Topliss-reactive ketones (excluding diaryl/α,β-unsaturated/α-hetero) is 2. The van der Waals surface area contributed by atoms with Gasteiger partial charge >= 0.3 is 5.97 Å². The Morgan fingerprint density at radius 3 is 2.31 bits per heavy atom. The summed E-state index contributed by atoms with van der Waals surface area (Å²) in [6.45, 7) is 4.16. The Labute approximate surface area is 203 Å². The average Bonchev–Trinajstić information content (AvgIpc) is 2.88. The second-order valence-corrected chi connectivity index (χ2v) is 9.53. The van der Waals surface area contributed by atoms with E-state index < -0.39 is 23.6 Å². The zero-order chi connectivity index (χ0) is 24.7. The molecule has 176 valence electrons. The maximum atomic E-state index is 13.5. The lowest BCUT2D eigenvalue weighted by molar-refractivity contribution is -0.143. The van der Waals surface area contributed by atoms with Gasteiger partial charge in [0, 0.05) is 17.1 Å². The molecule has 3 aromatic carbocycles. The molecule has 0 aliphatic heterocycles. The Hall–Kier alpha value is -3.83. The molecule has 5 rings (SSSR count). The normalized spacial score (nSPS) is 18.5. The van der Waals surface area contributed by atoms with Crippen LogP contribution in [0.1, 0.15) is 47.7 Å². The highest BCUT2D eigenvalue weighted by Crippen LogP contribution is 2.32. The molecule has 0 bridgehead atoms. The molecule has 35 heavy (non-hydrogen) atoms. The van der Waals surface area contributed by atoms with E-state index in [1.54, 1.807) is 6.07 Å². The van der Waals surface area contributed by atoms with Gasteiger partial charge in [0.15, 0.2) is 11.6 Å². The van der Waals surface area contributed by atoms with Crippen molar-refractivity contribution >= 4 is 29.2 Å². The van der Waals surface area contributed by atoms with Crippen LogP contribution in [0.4, 0.5) is 0 Å². The van der Waals surface area contributed by atoms with Crippen molar-refractivity contribution in [3.8, 4) is 0 Å². The fraction of sp³-hybridized carbons (Fsp3) is 0.233. The molecule has 2 N–H and O–H groups in total. The summed E-state index contributed by atoms with van der Waals surface area (Å²) in [4.78, 5) is 39.2. The summed E-state index contributed by atoms with van der Waals surface area (Å²) >= 11 is 0. The summed E-state index contributed by atoms with van der Waals surface area (Å²) in [5, 5.41) is 3.52. The van der Waals surface area contributed by atoms with Gasteiger partial charge in [-0.05, 0) is 37.9 Å². The van der Waals surface area contributed by atoms with Crippen molar-refractivity contribution in [2.45, 2.75) is 32.2 Å². The van der Waals surface area contributed by atoms with E-state index in [1.807, 2.05) is 68.4 Å². The molecule has 2 aliphatic carbocycles. The molecule has 0 saturated carbocycles. The van der Waals surface area contributed by atoms with Gasteiger partial charge in [-0.1, -0.05) is 86.7 Å². The molecular formula is C30H27NO4. The van der Waals surface area contributed by atoms with Crippen molar-refractivity contribution in [2.75, 3.05) is 6.61 Å². The van der Waals surface area contributed by atoms with Crippen LogP contribution in [-0.2, 0) is 14.3 Å². The van der Waals surface area contributed by atoms with Crippen LogP contribution in [0.3, 0.4) is 0 Å². The number of rotatable bonds is 5. The second-order valence-electron chi connectivity index (χ2n) is 9.53. The third kappa shape index (κ3) is 4.02. The molecule has 2 aliphatic rings. The van der Waals surface area contributed by atoms with Crippen molar-refractivity contribution in [2.24, 2.45) is 11.7 Å². The van der Waals surface area contributed by atoms with E-state index in [-0.39, 0.29) is 30.4 Å². The van der Waals surface area contributed by atoms with Gasteiger partial charge in [0.1, 0.15) is 6.04 Å². The summed E-state index contributed by atoms with van der Waals surface area (Å²) < 4.78 is 5.34. The molecule has 0 amide bonds. The number of fused-ring (bicyclic) bond motifs is 4. The smallest absolute Gasteiger partial charge is 0.310 e. The van der Waals surface area contributed by atoms with Gasteiger partial charge in [-0.25, -0.2) is 0 Å². The van der Waals surface area contributed by atoms with E-state index in [2.05, 4.69) is 12.1 Å². The van der Waals surface area contributed by atoms with Gasteiger partial charge in [0.25, 0.3) is 0 Å². The van der Waals surface area contributed by atoms with Crippen LogP contribution in [0.25, 0.3) is 11.6 Å². The Morgan fingerprint density at radius 2 is 1.57 bits per heavy atom. The molecule has 2 unspecified atom stereocenters. The topological polar surface area (TPSA) is 86.5 Å². The summed E-state index contributed by atoms with van der Waals surface area (Å²) in [5.41, 5.74) is 8.69. The van der Waals surface area contributed by atoms with E-state index in [1.165, 1.54) is 0 Å². The minimum absolute atomic E-state index is 0.177. The first-order valence-corrected chi connectivity index (χ1v) is 11.9. The zero-order valence-corrected chi connectivity index (χ0v) is 19.8. The van der Waals surface area contributed by atoms with Gasteiger partial charge in [-0.15, -0.1) is 0 Å². The van der Waals surface area contributed by atoms with Gasteiger partial charge in [0.2, 0.25) is 0 Å². The maximum Gasteiger partial charge on any atom is 0.310 e. The van der Waals surface area contributed by atoms with E-state index in [0.717, 1.165) is 26.8 Å². The van der Waals surface area contributed by atoms with E-state index in [0.29, 0.717) is 10.8 Å². The first-order chi connectivity index (χ1) is 16.9.